The van der Waals surface area contributed by atoms with Gasteiger partial charge in [-0.2, -0.15) is 0 Å². The minimum atomic E-state index is -0.325. The monoisotopic (exact) mass is 412 g/mol. The van der Waals surface area contributed by atoms with Crippen LogP contribution in [0.5, 0.6) is 0 Å². The third-order valence-electron chi connectivity index (χ3n) is 4.93. The van der Waals surface area contributed by atoms with Gasteiger partial charge < -0.3 is 11.1 Å². The fourth-order valence-corrected chi connectivity index (χ4v) is 4.21. The van der Waals surface area contributed by atoms with E-state index in [1.54, 1.807) is 18.5 Å². The lowest BCUT2D eigenvalue weighted by Crippen LogP contribution is -2.40. The second-order valence-electron chi connectivity index (χ2n) is 6.90. The van der Waals surface area contributed by atoms with Crippen LogP contribution >= 0.6 is 11.3 Å². The molecule has 1 saturated heterocycles. The molecule has 7 nitrogen and oxygen atoms in total. The molecule has 1 aromatic carbocycles. The lowest BCUT2D eigenvalue weighted by Gasteiger charge is -2.35. The van der Waals surface area contributed by atoms with Crippen LogP contribution in [0.25, 0.3) is 11.1 Å². The number of nitrogen functional groups attached to an aromatic ring is 1. The SMILES string of the molecule is Nc1ncc(-c2cccc(F)c2)c([C@H]2CCCCN2CC(=O)Nc2nccs2)n1. The molecule has 1 aliphatic rings. The van der Waals surface area contributed by atoms with E-state index in [2.05, 4.69) is 25.2 Å². The lowest BCUT2D eigenvalue weighted by molar-refractivity contribution is -0.118. The van der Waals surface area contributed by atoms with E-state index in [0.29, 0.717) is 10.7 Å². The molecule has 0 unspecified atom stereocenters. The van der Waals surface area contributed by atoms with E-state index in [9.17, 15) is 9.18 Å². The van der Waals surface area contributed by atoms with Crippen LogP contribution in [0.15, 0.2) is 42.0 Å². The van der Waals surface area contributed by atoms with E-state index in [0.717, 1.165) is 37.1 Å². The first-order valence-electron chi connectivity index (χ1n) is 9.42. The topological polar surface area (TPSA) is 97.0 Å². The van der Waals surface area contributed by atoms with E-state index in [4.69, 9.17) is 5.73 Å². The van der Waals surface area contributed by atoms with Gasteiger partial charge in [0.15, 0.2) is 5.13 Å². The van der Waals surface area contributed by atoms with Crippen molar-refractivity contribution >= 4 is 28.3 Å². The number of aromatic nitrogens is 3. The van der Waals surface area contributed by atoms with E-state index in [1.165, 1.54) is 23.5 Å². The number of rotatable bonds is 5. The summed E-state index contributed by atoms with van der Waals surface area (Å²) in [6, 6.07) is 6.24. The third kappa shape index (κ3) is 4.57. The zero-order valence-corrected chi connectivity index (χ0v) is 16.5. The molecule has 1 atom stereocenters. The van der Waals surface area contributed by atoms with Gasteiger partial charge in [0, 0.05) is 23.3 Å². The molecular weight excluding hydrogens is 391 g/mol. The number of hydrogen-bond acceptors (Lipinski definition) is 7. The molecule has 1 amide bonds. The second-order valence-corrected chi connectivity index (χ2v) is 7.80. The molecule has 3 N–H and O–H groups in total. The van der Waals surface area contributed by atoms with Crippen molar-refractivity contribution < 1.29 is 9.18 Å². The summed E-state index contributed by atoms with van der Waals surface area (Å²) in [5, 5.41) is 5.22. The van der Waals surface area contributed by atoms with Gasteiger partial charge in [-0.1, -0.05) is 18.6 Å². The minimum absolute atomic E-state index is 0.102. The van der Waals surface area contributed by atoms with Crippen LogP contribution in [0, 0.1) is 5.82 Å². The highest BCUT2D eigenvalue weighted by Gasteiger charge is 2.29. The van der Waals surface area contributed by atoms with Gasteiger partial charge in [0.05, 0.1) is 18.3 Å². The fourth-order valence-electron chi connectivity index (χ4n) is 3.66. The smallest absolute Gasteiger partial charge is 0.240 e. The Bertz CT molecular complexity index is 996. The normalized spacial score (nSPS) is 17.2. The molecule has 4 rings (SSSR count). The average molecular weight is 412 g/mol. The number of likely N-dealkylation sites (tertiary alicyclic amines) is 1. The Morgan fingerprint density at radius 2 is 2.24 bits per heavy atom. The van der Waals surface area contributed by atoms with E-state index >= 15 is 0 Å². The molecule has 0 saturated carbocycles. The van der Waals surface area contributed by atoms with Crippen LogP contribution in [-0.2, 0) is 4.79 Å². The Hall–Kier alpha value is -2.91. The number of piperidine rings is 1. The minimum Gasteiger partial charge on any atom is -0.368 e. The fraction of sp³-hybridized carbons (Fsp3) is 0.300. The highest BCUT2D eigenvalue weighted by Crippen LogP contribution is 2.36. The number of anilines is 2. The Balaban J connectivity index is 1.62. The van der Waals surface area contributed by atoms with Gasteiger partial charge in [0.2, 0.25) is 11.9 Å². The van der Waals surface area contributed by atoms with E-state index < -0.39 is 0 Å². The molecule has 0 radical (unpaired) electrons. The summed E-state index contributed by atoms with van der Waals surface area (Å²) in [5.41, 5.74) is 8.03. The third-order valence-corrected chi connectivity index (χ3v) is 5.62. The number of hydrogen-bond donors (Lipinski definition) is 2. The molecule has 150 valence electrons. The van der Waals surface area contributed by atoms with Crippen molar-refractivity contribution in [3.05, 3.63) is 53.6 Å². The van der Waals surface area contributed by atoms with Gasteiger partial charge in [-0.3, -0.25) is 9.69 Å². The molecule has 3 aromatic rings. The molecule has 1 aliphatic heterocycles. The largest absolute Gasteiger partial charge is 0.368 e. The van der Waals surface area contributed by atoms with Crippen molar-refractivity contribution in [3.63, 3.8) is 0 Å². The van der Waals surface area contributed by atoms with Crippen LogP contribution in [0.1, 0.15) is 31.0 Å². The Morgan fingerprint density at radius 3 is 3.03 bits per heavy atom. The Labute approximate surface area is 171 Å². The summed E-state index contributed by atoms with van der Waals surface area (Å²) < 4.78 is 13.8. The number of nitrogens with two attached hydrogens (primary N) is 1. The van der Waals surface area contributed by atoms with E-state index in [1.807, 2.05) is 11.4 Å². The number of halogens is 1. The average Bonchev–Trinajstić information content (AvgIpc) is 3.21. The molecular formula is C20H21FN6OS. The van der Waals surface area contributed by atoms with Gasteiger partial charge in [-0.05, 0) is 37.1 Å². The van der Waals surface area contributed by atoms with Crippen LogP contribution in [0.3, 0.4) is 0 Å². The van der Waals surface area contributed by atoms with Crippen molar-refractivity contribution in [1.29, 1.82) is 0 Å². The molecule has 9 heteroatoms. The predicted octanol–water partition coefficient (Wildman–Crippen LogP) is 3.49. The van der Waals surface area contributed by atoms with Crippen LogP contribution in [-0.4, -0.2) is 38.8 Å². The first kappa shape index (κ1) is 19.4. The number of nitrogens with one attached hydrogen (secondary N) is 1. The zero-order chi connectivity index (χ0) is 20.2. The summed E-state index contributed by atoms with van der Waals surface area (Å²) in [6.07, 6.45) is 6.13. The summed E-state index contributed by atoms with van der Waals surface area (Å²) in [4.78, 5) is 27.3. The molecule has 29 heavy (non-hydrogen) atoms. The van der Waals surface area contributed by atoms with Gasteiger partial charge in [0.1, 0.15) is 5.82 Å². The van der Waals surface area contributed by atoms with Gasteiger partial charge in [-0.25, -0.2) is 19.3 Å². The first-order chi connectivity index (χ1) is 14.1. The molecule has 3 heterocycles. The first-order valence-corrected chi connectivity index (χ1v) is 10.3. The molecule has 0 spiro atoms. The maximum Gasteiger partial charge on any atom is 0.240 e. The number of carbonyl (C=O) groups is 1. The van der Waals surface area contributed by atoms with Crippen molar-refractivity contribution in [3.8, 4) is 11.1 Å². The van der Waals surface area contributed by atoms with Crippen LogP contribution < -0.4 is 11.1 Å². The second kappa shape index (κ2) is 8.62. The molecule has 2 aromatic heterocycles. The van der Waals surface area contributed by atoms with Gasteiger partial charge in [-0.15, -0.1) is 11.3 Å². The summed E-state index contributed by atoms with van der Waals surface area (Å²) in [7, 11) is 0. The number of carbonyl (C=O) groups excluding carboxylic acids is 1. The summed E-state index contributed by atoms with van der Waals surface area (Å²) in [5.74, 6) is -0.285. The summed E-state index contributed by atoms with van der Waals surface area (Å²) >= 11 is 1.38. The maximum atomic E-state index is 13.8. The van der Waals surface area contributed by atoms with E-state index in [-0.39, 0.29) is 30.3 Å². The number of thiazole rings is 1. The Kier molecular flexibility index (Phi) is 5.77. The van der Waals surface area contributed by atoms with Crippen molar-refractivity contribution in [2.24, 2.45) is 0 Å². The molecule has 0 bridgehead atoms. The maximum absolute atomic E-state index is 13.8. The predicted molar refractivity (Wildman–Crippen MR) is 111 cm³/mol. The number of benzene rings is 1. The lowest BCUT2D eigenvalue weighted by atomic mass is 9.93. The molecule has 1 fully saturated rings. The molecule has 0 aliphatic carbocycles. The number of amides is 1. The highest BCUT2D eigenvalue weighted by molar-refractivity contribution is 7.13. The zero-order valence-electron chi connectivity index (χ0n) is 15.7. The van der Waals surface area contributed by atoms with Crippen molar-refractivity contribution in [2.45, 2.75) is 25.3 Å². The number of nitrogens with zero attached hydrogens (tertiary/aromatic N) is 4. The van der Waals surface area contributed by atoms with Crippen LogP contribution in [0.2, 0.25) is 0 Å². The standard InChI is InChI=1S/C20H21FN6OS/c21-14-5-3-4-13(10-14)15-11-24-19(22)26-18(15)16-6-1-2-8-27(16)12-17(28)25-20-23-7-9-29-20/h3-5,7,9-11,16H,1-2,6,8,12H2,(H2,22,24,26)(H,23,25,28)/t16-/m1/s1. The highest BCUT2D eigenvalue weighted by atomic mass is 32.1. The quantitative estimate of drug-likeness (QED) is 0.666. The van der Waals surface area contributed by atoms with Gasteiger partial charge in [0.25, 0.3) is 0 Å². The summed E-state index contributed by atoms with van der Waals surface area (Å²) in [6.45, 7) is 0.985. The Morgan fingerprint density at radius 1 is 1.34 bits per heavy atom. The van der Waals surface area contributed by atoms with Crippen molar-refractivity contribution in [2.75, 3.05) is 24.1 Å². The van der Waals surface area contributed by atoms with Gasteiger partial charge >= 0.3 is 0 Å². The van der Waals surface area contributed by atoms with Crippen LogP contribution in [0.4, 0.5) is 15.5 Å². The van der Waals surface area contributed by atoms with Crippen molar-refractivity contribution in [1.82, 2.24) is 19.9 Å².